The van der Waals surface area contributed by atoms with Crippen molar-refractivity contribution in [3.8, 4) is 11.5 Å². The van der Waals surface area contributed by atoms with E-state index in [9.17, 15) is 0 Å². The minimum atomic E-state index is 0.702. The summed E-state index contributed by atoms with van der Waals surface area (Å²) in [5.74, 6) is 2.13. The summed E-state index contributed by atoms with van der Waals surface area (Å²) in [4.78, 5) is 10.8. The Bertz CT molecular complexity index is 883. The number of benzene rings is 1. The lowest BCUT2D eigenvalue weighted by Crippen LogP contribution is -1.96. The first-order valence-corrected chi connectivity index (χ1v) is 8.17. The van der Waals surface area contributed by atoms with Gasteiger partial charge in [-0.15, -0.1) is 11.3 Å². The summed E-state index contributed by atoms with van der Waals surface area (Å²) in [5.41, 5.74) is 5.05. The molecule has 24 heavy (non-hydrogen) atoms. The van der Waals surface area contributed by atoms with Crippen molar-refractivity contribution in [3.63, 3.8) is 0 Å². The fourth-order valence-corrected chi connectivity index (χ4v) is 3.34. The van der Waals surface area contributed by atoms with Crippen molar-refractivity contribution in [1.29, 1.82) is 0 Å². The van der Waals surface area contributed by atoms with Crippen molar-refractivity contribution < 1.29 is 9.47 Å². The van der Waals surface area contributed by atoms with Crippen molar-refractivity contribution in [2.75, 3.05) is 19.6 Å². The number of thiophene rings is 1. The van der Waals surface area contributed by atoms with E-state index in [1.165, 1.54) is 10.4 Å². The molecule has 0 amide bonds. The summed E-state index contributed by atoms with van der Waals surface area (Å²) in [5, 5.41) is 5.31. The Kier molecular flexibility index (Phi) is 4.61. The van der Waals surface area contributed by atoms with Gasteiger partial charge in [0.15, 0.2) is 5.82 Å². The predicted molar refractivity (Wildman–Crippen MR) is 97.7 cm³/mol. The average Bonchev–Trinajstić information content (AvgIpc) is 2.89. The molecule has 0 aliphatic heterocycles. The molecule has 1 aromatic carbocycles. The van der Waals surface area contributed by atoms with E-state index < -0.39 is 0 Å². The van der Waals surface area contributed by atoms with Gasteiger partial charge in [0.25, 0.3) is 0 Å². The second kappa shape index (κ2) is 6.84. The smallest absolute Gasteiger partial charge is 0.158 e. The van der Waals surface area contributed by atoms with Crippen LogP contribution in [0.1, 0.15) is 16.0 Å². The SMILES string of the molecule is COc1cc(/C=N/Nc2ncnc3sc(C)c(C)c23)cc(OC)c1. The third-order valence-corrected chi connectivity index (χ3v) is 4.84. The van der Waals surface area contributed by atoms with Gasteiger partial charge >= 0.3 is 0 Å². The number of aryl methyl sites for hydroxylation is 2. The Morgan fingerprint density at radius 1 is 1.08 bits per heavy atom. The van der Waals surface area contributed by atoms with E-state index in [-0.39, 0.29) is 0 Å². The summed E-state index contributed by atoms with van der Waals surface area (Å²) < 4.78 is 10.5. The number of rotatable bonds is 5. The molecule has 2 heterocycles. The molecule has 0 bridgehead atoms. The van der Waals surface area contributed by atoms with Crippen molar-refractivity contribution >= 4 is 33.6 Å². The van der Waals surface area contributed by atoms with Crippen LogP contribution in [0.2, 0.25) is 0 Å². The van der Waals surface area contributed by atoms with Gasteiger partial charge in [0, 0.05) is 16.5 Å². The van der Waals surface area contributed by atoms with Crippen molar-refractivity contribution in [1.82, 2.24) is 9.97 Å². The van der Waals surface area contributed by atoms with E-state index in [4.69, 9.17) is 9.47 Å². The first-order valence-electron chi connectivity index (χ1n) is 7.35. The molecule has 0 fully saturated rings. The number of anilines is 1. The zero-order chi connectivity index (χ0) is 17.1. The van der Waals surface area contributed by atoms with Crippen molar-refractivity contribution in [2.45, 2.75) is 13.8 Å². The molecule has 124 valence electrons. The molecular weight excluding hydrogens is 324 g/mol. The molecule has 0 atom stereocenters. The zero-order valence-electron chi connectivity index (χ0n) is 14.0. The largest absolute Gasteiger partial charge is 0.497 e. The number of hydrazone groups is 1. The maximum Gasteiger partial charge on any atom is 0.158 e. The molecule has 1 N–H and O–H groups in total. The van der Waals surface area contributed by atoms with Crippen LogP contribution in [0.25, 0.3) is 10.2 Å². The second-order valence-electron chi connectivity index (χ2n) is 5.20. The van der Waals surface area contributed by atoms with E-state index >= 15 is 0 Å². The van der Waals surface area contributed by atoms with Crippen LogP contribution in [0.4, 0.5) is 5.82 Å². The van der Waals surface area contributed by atoms with Gasteiger partial charge in [0.05, 0.1) is 25.8 Å². The third kappa shape index (κ3) is 3.16. The molecule has 0 unspecified atom stereocenters. The fourth-order valence-electron chi connectivity index (χ4n) is 2.34. The van der Waals surface area contributed by atoms with E-state index in [0.29, 0.717) is 17.3 Å². The van der Waals surface area contributed by atoms with Gasteiger partial charge in [-0.25, -0.2) is 9.97 Å². The van der Waals surface area contributed by atoms with E-state index in [2.05, 4.69) is 34.3 Å². The van der Waals surface area contributed by atoms with Crippen LogP contribution in [0.15, 0.2) is 29.6 Å². The zero-order valence-corrected chi connectivity index (χ0v) is 14.8. The van der Waals surface area contributed by atoms with Gasteiger partial charge in [-0.2, -0.15) is 5.10 Å². The van der Waals surface area contributed by atoms with Crippen LogP contribution in [0.3, 0.4) is 0 Å². The fraction of sp³-hybridized carbons (Fsp3) is 0.235. The van der Waals surface area contributed by atoms with Gasteiger partial charge in [0.2, 0.25) is 0 Å². The van der Waals surface area contributed by atoms with Crippen LogP contribution in [0.5, 0.6) is 11.5 Å². The molecule has 3 aromatic rings. The monoisotopic (exact) mass is 342 g/mol. The lowest BCUT2D eigenvalue weighted by Gasteiger charge is -2.06. The van der Waals surface area contributed by atoms with Crippen LogP contribution in [-0.4, -0.2) is 30.4 Å². The lowest BCUT2D eigenvalue weighted by molar-refractivity contribution is 0.394. The van der Waals surface area contributed by atoms with E-state index in [0.717, 1.165) is 15.8 Å². The molecule has 0 aliphatic rings. The third-order valence-electron chi connectivity index (χ3n) is 3.72. The number of methoxy groups -OCH3 is 2. The number of hydrogen-bond acceptors (Lipinski definition) is 7. The summed E-state index contributed by atoms with van der Waals surface area (Å²) in [6, 6.07) is 5.57. The number of nitrogens with one attached hydrogen (secondary N) is 1. The molecule has 2 aromatic heterocycles. The highest BCUT2D eigenvalue weighted by Crippen LogP contribution is 2.32. The Labute approximate surface area is 144 Å². The van der Waals surface area contributed by atoms with Gasteiger partial charge in [-0.05, 0) is 31.5 Å². The average molecular weight is 342 g/mol. The van der Waals surface area contributed by atoms with E-state index in [1.54, 1.807) is 38.1 Å². The Morgan fingerprint density at radius 3 is 2.46 bits per heavy atom. The molecular formula is C17H18N4O2S. The predicted octanol–water partition coefficient (Wildman–Crippen LogP) is 3.77. The molecule has 0 saturated carbocycles. The van der Waals surface area contributed by atoms with Gasteiger partial charge in [-0.1, -0.05) is 0 Å². The number of aromatic nitrogens is 2. The number of hydrogen-bond donors (Lipinski definition) is 1. The summed E-state index contributed by atoms with van der Waals surface area (Å²) in [6.07, 6.45) is 3.25. The van der Waals surface area contributed by atoms with Gasteiger partial charge < -0.3 is 9.47 Å². The van der Waals surface area contributed by atoms with E-state index in [1.807, 2.05) is 18.2 Å². The molecule has 0 aliphatic carbocycles. The van der Waals surface area contributed by atoms with Crippen LogP contribution >= 0.6 is 11.3 Å². The number of ether oxygens (including phenoxy) is 2. The summed E-state index contributed by atoms with van der Waals surface area (Å²) in [7, 11) is 3.24. The minimum Gasteiger partial charge on any atom is -0.497 e. The first kappa shape index (κ1) is 16.2. The molecule has 3 rings (SSSR count). The highest BCUT2D eigenvalue weighted by molar-refractivity contribution is 7.18. The summed E-state index contributed by atoms with van der Waals surface area (Å²) in [6.45, 7) is 4.15. The van der Waals surface area contributed by atoms with Gasteiger partial charge in [0.1, 0.15) is 22.7 Å². The first-order chi connectivity index (χ1) is 11.6. The van der Waals surface area contributed by atoms with Crippen molar-refractivity contribution in [2.24, 2.45) is 5.10 Å². The van der Waals surface area contributed by atoms with Crippen LogP contribution in [0, 0.1) is 13.8 Å². The normalized spacial score (nSPS) is 11.2. The standard InChI is InChI=1S/C17H18N4O2S/c1-10-11(2)24-17-15(10)16(18-9-19-17)21-20-8-12-5-13(22-3)7-14(6-12)23-4/h5-9H,1-4H3,(H,18,19,21)/b20-8+. The molecule has 0 spiro atoms. The number of fused-ring (bicyclic) bond motifs is 1. The van der Waals surface area contributed by atoms with Crippen LogP contribution in [-0.2, 0) is 0 Å². The second-order valence-corrected chi connectivity index (χ2v) is 6.40. The maximum absolute atomic E-state index is 5.26. The Morgan fingerprint density at radius 2 is 1.79 bits per heavy atom. The highest BCUT2D eigenvalue weighted by atomic mass is 32.1. The summed E-state index contributed by atoms with van der Waals surface area (Å²) >= 11 is 1.66. The van der Waals surface area contributed by atoms with Crippen molar-refractivity contribution in [3.05, 3.63) is 40.5 Å². The van der Waals surface area contributed by atoms with Gasteiger partial charge in [-0.3, -0.25) is 5.43 Å². The Hall–Kier alpha value is -2.67. The molecule has 0 radical (unpaired) electrons. The molecule has 6 nitrogen and oxygen atoms in total. The molecule has 0 saturated heterocycles. The minimum absolute atomic E-state index is 0.702. The lowest BCUT2D eigenvalue weighted by atomic mass is 10.2. The quantitative estimate of drug-likeness (QED) is 0.564. The highest BCUT2D eigenvalue weighted by Gasteiger charge is 2.11. The number of nitrogens with zero attached hydrogens (tertiary/aromatic N) is 3. The maximum atomic E-state index is 5.26. The topological polar surface area (TPSA) is 68.6 Å². The Balaban J connectivity index is 1.87. The van der Waals surface area contributed by atoms with Crippen LogP contribution < -0.4 is 14.9 Å². The molecule has 7 heteroatoms.